The fourth-order valence-electron chi connectivity index (χ4n) is 2.11. The lowest BCUT2D eigenvalue weighted by Crippen LogP contribution is -2.41. The Morgan fingerprint density at radius 1 is 1.36 bits per heavy atom. The van der Waals surface area contributed by atoms with Gasteiger partial charge in [0.15, 0.2) is 0 Å². The van der Waals surface area contributed by atoms with E-state index in [1.807, 2.05) is 6.92 Å². The summed E-state index contributed by atoms with van der Waals surface area (Å²) in [5, 5.41) is 2.64. The zero-order chi connectivity index (χ0) is 16.2. The Bertz CT molecular complexity index is 642. The molecule has 0 bridgehead atoms. The van der Waals surface area contributed by atoms with E-state index < -0.39 is 26.6 Å². The van der Waals surface area contributed by atoms with Crippen LogP contribution in [0.15, 0.2) is 23.1 Å². The molecule has 1 saturated heterocycles. The van der Waals surface area contributed by atoms with Crippen molar-refractivity contribution in [3.05, 3.63) is 29.6 Å². The molecule has 0 spiro atoms. The molecule has 1 aliphatic heterocycles. The lowest BCUT2D eigenvalue weighted by atomic mass is 10.2. The summed E-state index contributed by atoms with van der Waals surface area (Å²) in [6.45, 7) is 3.28. The molecule has 1 N–H and O–H groups in total. The second-order valence-electron chi connectivity index (χ2n) is 4.92. The van der Waals surface area contributed by atoms with Gasteiger partial charge in [0.1, 0.15) is 10.7 Å². The van der Waals surface area contributed by atoms with E-state index in [2.05, 4.69) is 5.32 Å². The van der Waals surface area contributed by atoms with Crippen LogP contribution in [0.4, 0.5) is 4.39 Å². The summed E-state index contributed by atoms with van der Waals surface area (Å²) in [5.74, 6) is -1.28. The molecule has 1 amide bonds. The molecule has 1 aliphatic rings. The second-order valence-corrected chi connectivity index (χ2v) is 6.82. The maximum Gasteiger partial charge on any atom is 0.251 e. The molecule has 0 radical (unpaired) electrons. The molecule has 0 unspecified atom stereocenters. The van der Waals surface area contributed by atoms with Crippen LogP contribution in [0.2, 0.25) is 0 Å². The highest BCUT2D eigenvalue weighted by atomic mass is 32.2. The van der Waals surface area contributed by atoms with Crippen molar-refractivity contribution in [2.24, 2.45) is 0 Å². The number of nitrogens with one attached hydrogen (secondary N) is 1. The molecule has 1 fully saturated rings. The molecule has 6 nitrogen and oxygen atoms in total. The standard InChI is InChI=1S/C14H19FN2O4S/c1-2-5-16-14(18)11-3-4-12(15)13(10-11)22(19,20)17-6-8-21-9-7-17/h3-4,10H,2,5-9H2,1H3,(H,16,18). The van der Waals surface area contributed by atoms with Crippen molar-refractivity contribution in [1.29, 1.82) is 0 Å². The minimum Gasteiger partial charge on any atom is -0.379 e. The number of carbonyl (C=O) groups excluding carboxylic acids is 1. The Labute approximate surface area is 129 Å². The number of halogens is 1. The topological polar surface area (TPSA) is 75.7 Å². The molecule has 1 aromatic carbocycles. The summed E-state index contributed by atoms with van der Waals surface area (Å²) in [7, 11) is -3.97. The normalized spacial score (nSPS) is 16.5. The van der Waals surface area contributed by atoms with Gasteiger partial charge in [-0.25, -0.2) is 12.8 Å². The molecule has 0 aliphatic carbocycles. The predicted molar refractivity (Wildman–Crippen MR) is 78.6 cm³/mol. The number of hydrogen-bond donors (Lipinski definition) is 1. The van der Waals surface area contributed by atoms with Gasteiger partial charge in [0, 0.05) is 25.2 Å². The third-order valence-corrected chi connectivity index (χ3v) is 5.23. The van der Waals surface area contributed by atoms with E-state index in [-0.39, 0.29) is 31.9 Å². The molecule has 0 saturated carbocycles. The molecule has 122 valence electrons. The molecule has 22 heavy (non-hydrogen) atoms. The first-order chi connectivity index (χ1) is 10.5. The average Bonchev–Trinajstić information content (AvgIpc) is 2.53. The quantitative estimate of drug-likeness (QED) is 0.873. The van der Waals surface area contributed by atoms with E-state index >= 15 is 0 Å². The zero-order valence-corrected chi connectivity index (χ0v) is 13.2. The first-order valence-corrected chi connectivity index (χ1v) is 8.56. The average molecular weight is 330 g/mol. The Morgan fingerprint density at radius 2 is 2.05 bits per heavy atom. The van der Waals surface area contributed by atoms with Crippen LogP contribution in [0, 0.1) is 5.82 Å². The van der Waals surface area contributed by atoms with Crippen molar-refractivity contribution in [3.8, 4) is 0 Å². The molecular weight excluding hydrogens is 311 g/mol. The highest BCUT2D eigenvalue weighted by Crippen LogP contribution is 2.21. The summed E-state index contributed by atoms with van der Waals surface area (Å²) in [6, 6.07) is 3.37. The molecule has 0 atom stereocenters. The first kappa shape index (κ1) is 16.9. The highest BCUT2D eigenvalue weighted by molar-refractivity contribution is 7.89. The van der Waals surface area contributed by atoms with E-state index in [4.69, 9.17) is 4.74 Å². The fraction of sp³-hybridized carbons (Fsp3) is 0.500. The van der Waals surface area contributed by atoms with Gasteiger partial charge in [-0.2, -0.15) is 4.31 Å². The van der Waals surface area contributed by atoms with Crippen molar-refractivity contribution in [1.82, 2.24) is 9.62 Å². The van der Waals surface area contributed by atoms with E-state index in [9.17, 15) is 17.6 Å². The monoisotopic (exact) mass is 330 g/mol. The largest absolute Gasteiger partial charge is 0.379 e. The number of nitrogens with zero attached hydrogens (tertiary/aromatic N) is 1. The molecule has 1 heterocycles. The van der Waals surface area contributed by atoms with Crippen LogP contribution >= 0.6 is 0 Å². The molecule has 1 aromatic rings. The van der Waals surface area contributed by atoms with Gasteiger partial charge < -0.3 is 10.1 Å². The van der Waals surface area contributed by atoms with Gasteiger partial charge in [-0.3, -0.25) is 4.79 Å². The van der Waals surface area contributed by atoms with Crippen molar-refractivity contribution in [2.45, 2.75) is 18.2 Å². The smallest absolute Gasteiger partial charge is 0.251 e. The molecule has 0 aromatic heterocycles. The van der Waals surface area contributed by atoms with Crippen LogP contribution in [-0.2, 0) is 14.8 Å². The van der Waals surface area contributed by atoms with Crippen molar-refractivity contribution in [2.75, 3.05) is 32.8 Å². The first-order valence-electron chi connectivity index (χ1n) is 7.12. The Hall–Kier alpha value is -1.51. The SMILES string of the molecule is CCCNC(=O)c1ccc(F)c(S(=O)(=O)N2CCOCC2)c1. The van der Waals surface area contributed by atoms with E-state index in [0.717, 1.165) is 18.6 Å². The number of amides is 1. The van der Waals surface area contributed by atoms with Gasteiger partial charge in [-0.05, 0) is 24.6 Å². The van der Waals surface area contributed by atoms with Crippen LogP contribution in [0.5, 0.6) is 0 Å². The zero-order valence-electron chi connectivity index (χ0n) is 12.3. The van der Waals surface area contributed by atoms with E-state index in [1.165, 1.54) is 10.4 Å². The maximum absolute atomic E-state index is 14.0. The maximum atomic E-state index is 14.0. The molecular formula is C14H19FN2O4S. The number of morpholine rings is 1. The van der Waals surface area contributed by atoms with Crippen LogP contribution in [0.1, 0.15) is 23.7 Å². The van der Waals surface area contributed by atoms with Gasteiger partial charge in [0.2, 0.25) is 10.0 Å². The van der Waals surface area contributed by atoms with Crippen LogP contribution in [0.3, 0.4) is 0 Å². The van der Waals surface area contributed by atoms with Crippen molar-refractivity contribution in [3.63, 3.8) is 0 Å². The third kappa shape index (κ3) is 3.63. The summed E-state index contributed by atoms with van der Waals surface area (Å²) < 4.78 is 45.2. The number of rotatable bonds is 5. The summed E-state index contributed by atoms with van der Waals surface area (Å²) in [6.07, 6.45) is 0.756. The minimum atomic E-state index is -3.97. The Balaban J connectivity index is 2.31. The van der Waals surface area contributed by atoms with Crippen LogP contribution in [0.25, 0.3) is 0 Å². The highest BCUT2D eigenvalue weighted by Gasteiger charge is 2.29. The van der Waals surface area contributed by atoms with Gasteiger partial charge in [-0.1, -0.05) is 6.92 Å². The van der Waals surface area contributed by atoms with Crippen molar-refractivity contribution < 1.29 is 22.3 Å². The number of benzene rings is 1. The van der Waals surface area contributed by atoms with E-state index in [1.54, 1.807) is 0 Å². The fourth-order valence-corrected chi connectivity index (χ4v) is 3.61. The number of carbonyl (C=O) groups is 1. The summed E-state index contributed by atoms with van der Waals surface area (Å²) in [4.78, 5) is 11.4. The lowest BCUT2D eigenvalue weighted by molar-refractivity contribution is 0.0729. The number of sulfonamides is 1. The van der Waals surface area contributed by atoms with E-state index in [0.29, 0.717) is 6.54 Å². The summed E-state index contributed by atoms with van der Waals surface area (Å²) >= 11 is 0. The predicted octanol–water partition coefficient (Wildman–Crippen LogP) is 0.986. The van der Waals surface area contributed by atoms with Crippen molar-refractivity contribution >= 4 is 15.9 Å². The van der Waals surface area contributed by atoms with Gasteiger partial charge in [-0.15, -0.1) is 0 Å². The minimum absolute atomic E-state index is 0.127. The Kier molecular flexibility index (Phi) is 5.49. The second kappa shape index (κ2) is 7.17. The van der Waals surface area contributed by atoms with Crippen LogP contribution in [-0.4, -0.2) is 51.5 Å². The third-order valence-electron chi connectivity index (χ3n) is 3.32. The van der Waals surface area contributed by atoms with Gasteiger partial charge >= 0.3 is 0 Å². The lowest BCUT2D eigenvalue weighted by Gasteiger charge is -2.26. The van der Waals surface area contributed by atoms with Gasteiger partial charge in [0.05, 0.1) is 13.2 Å². The summed E-state index contributed by atoms with van der Waals surface area (Å²) in [5.41, 5.74) is 0.127. The number of ether oxygens (including phenoxy) is 1. The van der Waals surface area contributed by atoms with Crippen LogP contribution < -0.4 is 5.32 Å². The molecule has 2 rings (SSSR count). The van der Waals surface area contributed by atoms with Gasteiger partial charge in [0.25, 0.3) is 5.91 Å². The number of hydrogen-bond acceptors (Lipinski definition) is 4. The Morgan fingerprint density at radius 3 is 2.68 bits per heavy atom. The molecule has 8 heteroatoms.